The quantitative estimate of drug-likeness (QED) is 0.114. The van der Waals surface area contributed by atoms with E-state index in [1.165, 1.54) is 40.8 Å². The maximum Gasteiger partial charge on any atom is 0.303 e. The Morgan fingerprint density at radius 1 is 1.04 bits per heavy atom. The first-order valence-electron chi connectivity index (χ1n) is 17.8. The van der Waals surface area contributed by atoms with E-state index in [9.17, 15) is 4.79 Å². The van der Waals surface area contributed by atoms with Gasteiger partial charge in [0.15, 0.2) is 0 Å². The van der Waals surface area contributed by atoms with E-state index < -0.39 is 5.97 Å². The molecule has 0 aromatic heterocycles. The van der Waals surface area contributed by atoms with Crippen molar-refractivity contribution in [3.8, 4) is 11.1 Å². The van der Waals surface area contributed by atoms with Crippen molar-refractivity contribution >= 4 is 29.5 Å². The molecule has 7 heteroatoms. The monoisotopic (exact) mass is 710 g/mol. The maximum absolute atomic E-state index is 10.9. The molecule has 0 fully saturated rings. The molecule has 5 nitrogen and oxygen atoms in total. The highest BCUT2D eigenvalue weighted by Crippen LogP contribution is 2.35. The molecule has 0 radical (unpaired) electrons. The summed E-state index contributed by atoms with van der Waals surface area (Å²) in [4.78, 5) is 12.2. The normalized spacial score (nSPS) is 13.1. The van der Waals surface area contributed by atoms with Crippen LogP contribution in [-0.4, -0.2) is 53.3 Å². The smallest absolute Gasteiger partial charge is 0.303 e. The second-order valence-corrected chi connectivity index (χ2v) is 14.7. The highest BCUT2D eigenvalue weighted by atomic mass is 35.5. The number of nitrogens with one attached hydrogen (secondary N) is 1. The number of rotatable bonds is 14. The van der Waals surface area contributed by atoms with Crippen LogP contribution in [0.25, 0.3) is 11.1 Å². The van der Waals surface area contributed by atoms with Gasteiger partial charge in [0.05, 0.1) is 0 Å². The zero-order valence-electron chi connectivity index (χ0n) is 31.8. The molecule has 49 heavy (non-hydrogen) atoms. The highest BCUT2D eigenvalue weighted by Gasteiger charge is 2.28. The van der Waals surface area contributed by atoms with E-state index in [-0.39, 0.29) is 12.0 Å². The van der Waals surface area contributed by atoms with Crippen molar-refractivity contribution in [1.82, 2.24) is 9.62 Å². The first-order chi connectivity index (χ1) is 23.4. The van der Waals surface area contributed by atoms with Crippen LogP contribution in [0.5, 0.6) is 0 Å². The highest BCUT2D eigenvalue weighted by molar-refractivity contribution is 7.97. The number of halogens is 1. The largest absolute Gasteiger partial charge is 0.481 e. The van der Waals surface area contributed by atoms with Gasteiger partial charge in [0.25, 0.3) is 0 Å². The van der Waals surface area contributed by atoms with Gasteiger partial charge in [-0.2, -0.15) is 0 Å². The van der Waals surface area contributed by atoms with Crippen molar-refractivity contribution in [1.29, 1.82) is 0 Å². The van der Waals surface area contributed by atoms with Crippen LogP contribution in [0.4, 0.5) is 0 Å². The Labute approximate surface area is 307 Å². The number of aliphatic carboxylic acids is 1. The predicted octanol–water partition coefficient (Wildman–Crippen LogP) is 10.6. The number of carboxylic acids is 1. The third kappa shape index (κ3) is 15.9. The minimum Gasteiger partial charge on any atom is -0.481 e. The predicted molar refractivity (Wildman–Crippen MR) is 214 cm³/mol. The van der Waals surface area contributed by atoms with Gasteiger partial charge in [-0.15, -0.1) is 0 Å². The lowest BCUT2D eigenvalue weighted by Crippen LogP contribution is -2.44. The minimum absolute atomic E-state index is 0.108. The molecule has 0 saturated heterocycles. The number of hydrogen-bond acceptors (Lipinski definition) is 5. The molecule has 4 rings (SSSR count). The second kappa shape index (κ2) is 23.7. The summed E-state index contributed by atoms with van der Waals surface area (Å²) in [6.07, 6.45) is 9.14. The Balaban J connectivity index is 0.00000137. The topological polar surface area (TPSA) is 72.8 Å². The van der Waals surface area contributed by atoms with Crippen LogP contribution in [0, 0.1) is 11.8 Å². The lowest BCUT2D eigenvalue weighted by atomic mass is 9.88. The number of aryl methyl sites for hydroxylation is 2. The Kier molecular flexibility index (Phi) is 21.5. The van der Waals surface area contributed by atoms with E-state index >= 15 is 0 Å². The fourth-order valence-electron chi connectivity index (χ4n) is 6.06. The number of nitrogens with zero attached hydrogens (tertiary/aromatic N) is 1. The molecule has 0 heterocycles. The van der Waals surface area contributed by atoms with E-state index in [0.717, 1.165) is 49.2 Å². The van der Waals surface area contributed by atoms with Gasteiger partial charge in [-0.3, -0.25) is 4.79 Å². The van der Waals surface area contributed by atoms with Gasteiger partial charge < -0.3 is 15.5 Å². The van der Waals surface area contributed by atoms with Crippen LogP contribution >= 0.6 is 23.5 Å². The number of fused-ring (bicyclic) bond motifs is 1. The summed E-state index contributed by atoms with van der Waals surface area (Å²) in [6.45, 7) is 19.2. The molecule has 1 atom stereocenters. The van der Waals surface area contributed by atoms with E-state index in [4.69, 9.17) is 21.8 Å². The molecule has 0 spiro atoms. The van der Waals surface area contributed by atoms with Crippen LogP contribution in [0.2, 0.25) is 5.02 Å². The van der Waals surface area contributed by atoms with Gasteiger partial charge in [0.1, 0.15) is 0 Å². The molecule has 3 aromatic rings. The summed E-state index contributed by atoms with van der Waals surface area (Å²) in [5.74, 6) is 0.454. The Bertz CT molecular complexity index is 1400. The average molecular weight is 711 g/mol. The molecule has 0 bridgehead atoms. The van der Waals surface area contributed by atoms with Crippen LogP contribution in [-0.2, 0) is 30.5 Å². The molecule has 0 aliphatic heterocycles. The van der Waals surface area contributed by atoms with Crippen molar-refractivity contribution < 1.29 is 15.0 Å². The van der Waals surface area contributed by atoms with Gasteiger partial charge in [0, 0.05) is 41.1 Å². The van der Waals surface area contributed by atoms with Gasteiger partial charge in [-0.05, 0) is 143 Å². The first-order valence-corrected chi connectivity index (χ1v) is 19.0. The molecular weight excluding hydrogens is 648 g/mol. The Morgan fingerprint density at radius 3 is 2.18 bits per heavy atom. The van der Waals surface area contributed by atoms with E-state index in [1.807, 2.05) is 70.0 Å². The standard InChI is InChI=1S/C35H45ClN2O2S.C4H8.C2H6.CH4O/c1-6-27-20-30(31-14-11-25(19-32(31)36)12-16-34(39)40)13-15-33(27)41-38(5)23-24(2)22-37-35(3,4)21-26-17-28-9-7-8-10-29(28)18-26;1-3-4-2;2*1-2/h7-11,13-15,19-20,24,26,37H,6,12,16-18,21-23H2,1-5H3,(H,39,40);3-4H,1-2H3;1-2H3;2H,1H3/b;4-3-;;. The number of benzene rings is 3. The van der Waals surface area contributed by atoms with Gasteiger partial charge in [-0.25, -0.2) is 4.31 Å². The van der Waals surface area contributed by atoms with Crippen molar-refractivity contribution in [2.45, 2.75) is 104 Å². The number of aliphatic hydroxyl groups excluding tert-OH is 1. The van der Waals surface area contributed by atoms with Gasteiger partial charge in [0.2, 0.25) is 0 Å². The van der Waals surface area contributed by atoms with Gasteiger partial charge >= 0.3 is 5.97 Å². The molecule has 1 unspecified atom stereocenters. The Morgan fingerprint density at radius 2 is 1.65 bits per heavy atom. The van der Waals surface area contributed by atoms with Crippen molar-refractivity contribution in [3.63, 3.8) is 0 Å². The average Bonchev–Trinajstić information content (AvgIpc) is 3.50. The fraction of sp³-hybridized carbons (Fsp3) is 0.500. The van der Waals surface area contributed by atoms with Crippen molar-refractivity contribution in [3.05, 3.63) is 100 Å². The second-order valence-electron chi connectivity index (χ2n) is 13.1. The summed E-state index contributed by atoms with van der Waals surface area (Å²) in [5, 5.41) is 20.5. The number of aliphatic hydroxyl groups is 1. The van der Waals surface area contributed by atoms with Crippen molar-refractivity contribution in [2.75, 3.05) is 27.2 Å². The fourth-order valence-corrected chi connectivity index (χ4v) is 7.49. The lowest BCUT2D eigenvalue weighted by Gasteiger charge is -2.31. The minimum atomic E-state index is -0.795. The van der Waals surface area contributed by atoms with Crippen LogP contribution in [0.3, 0.4) is 0 Å². The Hall–Kier alpha value is -2.61. The summed E-state index contributed by atoms with van der Waals surface area (Å²) < 4.78 is 2.35. The van der Waals surface area contributed by atoms with E-state index in [0.29, 0.717) is 17.4 Å². The van der Waals surface area contributed by atoms with E-state index in [2.05, 4.69) is 86.8 Å². The van der Waals surface area contributed by atoms with Crippen molar-refractivity contribution in [2.24, 2.45) is 11.8 Å². The molecular formula is C42H63ClN2O3S. The third-order valence-corrected chi connectivity index (χ3v) is 9.80. The number of allylic oxidation sites excluding steroid dienone is 2. The number of carbonyl (C=O) groups is 1. The summed E-state index contributed by atoms with van der Waals surface area (Å²) in [7, 11) is 3.18. The maximum atomic E-state index is 10.9. The van der Waals surface area contributed by atoms with Crippen LogP contribution in [0.1, 0.15) is 90.5 Å². The van der Waals surface area contributed by atoms with E-state index in [1.54, 1.807) is 0 Å². The lowest BCUT2D eigenvalue weighted by molar-refractivity contribution is -0.136. The number of carboxylic acid groups (broad SMARTS) is 1. The van der Waals surface area contributed by atoms with Crippen LogP contribution < -0.4 is 5.32 Å². The summed E-state index contributed by atoms with van der Waals surface area (Å²) >= 11 is 8.43. The molecule has 1 aliphatic carbocycles. The number of hydrogen-bond donors (Lipinski definition) is 3. The van der Waals surface area contributed by atoms with Crippen LogP contribution in [0.15, 0.2) is 77.7 Å². The molecule has 0 amide bonds. The molecule has 1 aliphatic rings. The first kappa shape index (κ1) is 44.4. The van der Waals surface area contributed by atoms with Gasteiger partial charge in [-0.1, -0.05) is 93.9 Å². The molecule has 3 N–H and O–H groups in total. The molecule has 0 saturated carbocycles. The summed E-state index contributed by atoms with van der Waals surface area (Å²) in [6, 6.07) is 21.4. The summed E-state index contributed by atoms with van der Waals surface area (Å²) in [5.41, 5.74) is 7.51. The SMILES string of the molecule is C/C=C\C.CC.CCc1cc(-c2ccc(CCC(=O)O)cc2Cl)ccc1SN(C)CC(C)CNC(C)(C)CC1Cc2ccccc2C1.CO. The molecule has 3 aromatic carbocycles. The zero-order valence-corrected chi connectivity index (χ0v) is 33.3. The third-order valence-electron chi connectivity index (χ3n) is 8.43. The zero-order chi connectivity index (χ0) is 37.0. The molecule has 272 valence electrons.